The minimum absolute atomic E-state index is 0.154. The molecular formula is C12H18N2OS. The number of nitrogens with zero attached hydrogens (tertiary/aromatic N) is 2. The Balaban J connectivity index is 2.40. The smallest absolute Gasteiger partial charge is 0.172 e. The summed E-state index contributed by atoms with van der Waals surface area (Å²) in [7, 11) is 0. The van der Waals surface area contributed by atoms with Crippen molar-refractivity contribution in [3.8, 4) is 5.75 Å². The molecule has 1 unspecified atom stereocenters. The second-order valence-corrected chi connectivity index (χ2v) is 5.14. The number of rotatable bonds is 2. The van der Waals surface area contributed by atoms with Gasteiger partial charge >= 0.3 is 0 Å². The van der Waals surface area contributed by atoms with Crippen LogP contribution in [0.2, 0.25) is 0 Å². The van der Waals surface area contributed by atoms with Gasteiger partial charge in [-0.15, -0.1) is 0 Å². The first-order chi connectivity index (χ1) is 7.59. The molecule has 0 aromatic carbocycles. The number of hydrogen-bond donors (Lipinski definition) is 1. The highest BCUT2D eigenvalue weighted by atomic mass is 32.1. The van der Waals surface area contributed by atoms with Crippen molar-refractivity contribution in [3.63, 3.8) is 0 Å². The number of pyridine rings is 1. The third-order valence-corrected chi connectivity index (χ3v) is 3.04. The van der Waals surface area contributed by atoms with Crippen LogP contribution in [0.1, 0.15) is 31.7 Å². The van der Waals surface area contributed by atoms with Crippen LogP contribution in [-0.4, -0.2) is 24.2 Å². The van der Waals surface area contributed by atoms with E-state index in [0.717, 1.165) is 30.4 Å². The van der Waals surface area contributed by atoms with Crippen molar-refractivity contribution in [2.45, 2.75) is 32.1 Å². The maximum Gasteiger partial charge on any atom is 0.172 e. The van der Waals surface area contributed by atoms with Gasteiger partial charge in [-0.2, -0.15) is 12.6 Å². The van der Waals surface area contributed by atoms with Crippen molar-refractivity contribution < 1.29 is 4.74 Å². The molecule has 1 aliphatic heterocycles. The summed E-state index contributed by atoms with van der Waals surface area (Å²) in [6.07, 6.45) is 0. The summed E-state index contributed by atoms with van der Waals surface area (Å²) in [5.74, 6) is 1.84. The van der Waals surface area contributed by atoms with Crippen LogP contribution in [0.4, 0.5) is 5.82 Å². The van der Waals surface area contributed by atoms with Gasteiger partial charge in [-0.1, -0.05) is 0 Å². The molecule has 3 nitrogen and oxygen atoms in total. The molecule has 4 heteroatoms. The van der Waals surface area contributed by atoms with Crippen molar-refractivity contribution in [3.05, 3.63) is 17.8 Å². The molecule has 2 rings (SSSR count). The first-order valence-corrected chi connectivity index (χ1v) is 6.19. The lowest BCUT2D eigenvalue weighted by molar-refractivity contribution is 0.300. The summed E-state index contributed by atoms with van der Waals surface area (Å²) in [4.78, 5) is 6.92. The molecule has 0 N–H and O–H groups in total. The quantitative estimate of drug-likeness (QED) is 0.802. The van der Waals surface area contributed by atoms with Gasteiger partial charge in [0.25, 0.3) is 0 Å². The molecule has 0 aliphatic carbocycles. The van der Waals surface area contributed by atoms with Gasteiger partial charge in [0.1, 0.15) is 6.61 Å². The fraction of sp³-hybridized carbons (Fsp3) is 0.583. The zero-order chi connectivity index (χ0) is 11.7. The van der Waals surface area contributed by atoms with Gasteiger partial charge in [-0.25, -0.2) is 4.98 Å². The number of anilines is 1. The maximum absolute atomic E-state index is 5.61. The van der Waals surface area contributed by atoms with Crippen molar-refractivity contribution in [1.82, 2.24) is 4.98 Å². The molecule has 1 atom stereocenters. The third-order valence-electron chi connectivity index (χ3n) is 2.77. The summed E-state index contributed by atoms with van der Waals surface area (Å²) in [6, 6.07) is 4.43. The van der Waals surface area contributed by atoms with Crippen LogP contribution in [0.3, 0.4) is 0 Å². The van der Waals surface area contributed by atoms with Crippen LogP contribution in [0, 0.1) is 0 Å². The molecule has 88 valence electrons. The maximum atomic E-state index is 5.61. The normalized spacial score (nSPS) is 16.9. The van der Waals surface area contributed by atoms with Crippen LogP contribution in [0.5, 0.6) is 5.75 Å². The highest BCUT2D eigenvalue weighted by Crippen LogP contribution is 2.32. The van der Waals surface area contributed by atoms with Crippen molar-refractivity contribution >= 4 is 18.4 Å². The first kappa shape index (κ1) is 11.6. The predicted octanol–water partition coefficient (Wildman–Crippen LogP) is 2.68. The second-order valence-electron chi connectivity index (χ2n) is 4.37. The molecule has 0 spiro atoms. The standard InChI is InChI=1S/C12H18N2OS/c1-8(2)14-6-7-15-11-5-4-10(9(3)16)13-12(11)14/h4-5,8-9,16H,6-7H2,1-3H3. The van der Waals surface area contributed by atoms with Crippen molar-refractivity contribution in [1.29, 1.82) is 0 Å². The summed E-state index contributed by atoms with van der Waals surface area (Å²) in [6.45, 7) is 8.02. The third kappa shape index (κ3) is 2.12. The lowest BCUT2D eigenvalue weighted by Crippen LogP contribution is -2.38. The fourth-order valence-corrected chi connectivity index (χ4v) is 2.01. The van der Waals surface area contributed by atoms with E-state index in [1.54, 1.807) is 0 Å². The van der Waals surface area contributed by atoms with Gasteiger partial charge in [-0.05, 0) is 32.9 Å². The van der Waals surface area contributed by atoms with Gasteiger partial charge in [0.05, 0.1) is 12.2 Å². The molecule has 1 aliphatic rings. The Bertz CT molecular complexity index is 379. The molecule has 2 heterocycles. The van der Waals surface area contributed by atoms with Gasteiger partial charge in [0.15, 0.2) is 11.6 Å². The largest absolute Gasteiger partial charge is 0.488 e. The molecule has 0 bridgehead atoms. The Morgan fingerprint density at radius 1 is 1.38 bits per heavy atom. The van der Waals surface area contributed by atoms with Gasteiger partial charge < -0.3 is 9.64 Å². The summed E-state index contributed by atoms with van der Waals surface area (Å²) in [5.41, 5.74) is 0.998. The number of hydrogen-bond acceptors (Lipinski definition) is 4. The zero-order valence-corrected chi connectivity index (χ0v) is 10.9. The second kappa shape index (κ2) is 4.53. The van der Waals surface area contributed by atoms with E-state index in [0.29, 0.717) is 6.04 Å². The number of fused-ring (bicyclic) bond motifs is 1. The van der Waals surface area contributed by atoms with Crippen LogP contribution in [0.15, 0.2) is 12.1 Å². The monoisotopic (exact) mass is 238 g/mol. The molecule has 0 radical (unpaired) electrons. The average molecular weight is 238 g/mol. The lowest BCUT2D eigenvalue weighted by atomic mass is 10.2. The van der Waals surface area contributed by atoms with Gasteiger partial charge in [0.2, 0.25) is 0 Å². The Kier molecular flexibility index (Phi) is 3.28. The molecule has 1 aromatic rings. The van der Waals surface area contributed by atoms with E-state index >= 15 is 0 Å². The van der Waals surface area contributed by atoms with Crippen LogP contribution in [-0.2, 0) is 0 Å². The summed E-state index contributed by atoms with van der Waals surface area (Å²) < 4.78 is 5.61. The Morgan fingerprint density at radius 3 is 2.75 bits per heavy atom. The molecular weight excluding hydrogens is 220 g/mol. The number of thiol groups is 1. The van der Waals surface area contributed by atoms with E-state index in [2.05, 4.69) is 36.4 Å². The Hall–Kier alpha value is -0.900. The number of aromatic nitrogens is 1. The van der Waals surface area contributed by atoms with Crippen LogP contribution < -0.4 is 9.64 Å². The van der Waals surface area contributed by atoms with Gasteiger partial charge in [0, 0.05) is 11.3 Å². The van der Waals surface area contributed by atoms with Crippen LogP contribution in [0.25, 0.3) is 0 Å². The molecule has 0 fully saturated rings. The SMILES string of the molecule is CC(S)c1ccc2c(n1)N(C(C)C)CCO2. The minimum atomic E-state index is 0.154. The van der Waals surface area contributed by atoms with E-state index in [4.69, 9.17) is 4.74 Å². The lowest BCUT2D eigenvalue weighted by Gasteiger charge is -2.33. The number of ether oxygens (including phenoxy) is 1. The topological polar surface area (TPSA) is 25.4 Å². The van der Waals surface area contributed by atoms with E-state index in [1.807, 2.05) is 19.1 Å². The van der Waals surface area contributed by atoms with E-state index in [1.165, 1.54) is 0 Å². The molecule has 0 saturated heterocycles. The Labute approximate surface area is 102 Å². The summed E-state index contributed by atoms with van der Waals surface area (Å²) in [5, 5.41) is 0.154. The predicted molar refractivity (Wildman–Crippen MR) is 69.6 cm³/mol. The summed E-state index contributed by atoms with van der Waals surface area (Å²) >= 11 is 4.41. The molecule has 1 aromatic heterocycles. The average Bonchev–Trinajstić information content (AvgIpc) is 2.27. The van der Waals surface area contributed by atoms with E-state index in [-0.39, 0.29) is 5.25 Å². The fourth-order valence-electron chi connectivity index (χ4n) is 1.86. The highest BCUT2D eigenvalue weighted by molar-refractivity contribution is 7.80. The van der Waals surface area contributed by atoms with Gasteiger partial charge in [-0.3, -0.25) is 0 Å². The molecule has 0 amide bonds. The van der Waals surface area contributed by atoms with E-state index in [9.17, 15) is 0 Å². The Morgan fingerprint density at radius 2 is 2.12 bits per heavy atom. The van der Waals surface area contributed by atoms with Crippen LogP contribution >= 0.6 is 12.6 Å². The molecule has 0 saturated carbocycles. The zero-order valence-electron chi connectivity index (χ0n) is 9.97. The van der Waals surface area contributed by atoms with Crippen molar-refractivity contribution in [2.24, 2.45) is 0 Å². The van der Waals surface area contributed by atoms with Crippen molar-refractivity contribution in [2.75, 3.05) is 18.1 Å². The minimum Gasteiger partial charge on any atom is -0.488 e. The van der Waals surface area contributed by atoms with E-state index < -0.39 is 0 Å². The highest BCUT2D eigenvalue weighted by Gasteiger charge is 2.22. The first-order valence-electron chi connectivity index (χ1n) is 5.68. The molecule has 16 heavy (non-hydrogen) atoms.